The number of imide groups is 1. The van der Waals surface area contributed by atoms with Gasteiger partial charge >= 0.3 is 5.97 Å². The number of anilines is 1. The van der Waals surface area contributed by atoms with E-state index < -0.39 is 23.9 Å². The summed E-state index contributed by atoms with van der Waals surface area (Å²) >= 11 is 0. The number of aryl methyl sites for hydroxylation is 2. The van der Waals surface area contributed by atoms with E-state index in [0.29, 0.717) is 12.1 Å². The zero-order valence-electron chi connectivity index (χ0n) is 18.3. The van der Waals surface area contributed by atoms with E-state index in [1.54, 1.807) is 13.0 Å². The number of benzene rings is 2. The van der Waals surface area contributed by atoms with E-state index in [9.17, 15) is 19.2 Å². The molecule has 0 fully saturated rings. The molecule has 1 heterocycles. The monoisotopic (exact) mass is 422 g/mol. The molecule has 0 radical (unpaired) electrons. The molecule has 0 unspecified atom stereocenters. The van der Waals surface area contributed by atoms with Crippen molar-refractivity contribution in [2.75, 3.05) is 5.32 Å². The molecule has 0 saturated carbocycles. The molecule has 0 saturated heterocycles. The highest BCUT2D eigenvalue weighted by Gasteiger charge is 2.38. The first-order valence-electron chi connectivity index (χ1n) is 10.2. The molecule has 2 aromatic carbocycles. The van der Waals surface area contributed by atoms with Gasteiger partial charge in [0.05, 0.1) is 16.7 Å². The van der Waals surface area contributed by atoms with Crippen LogP contribution in [0.5, 0.6) is 0 Å². The number of carbonyl (C=O) groups is 4. The maximum absolute atomic E-state index is 12.7. The van der Waals surface area contributed by atoms with Crippen molar-refractivity contribution in [3.8, 4) is 0 Å². The lowest BCUT2D eigenvalue weighted by molar-refractivity contribution is -0.123. The van der Waals surface area contributed by atoms with Gasteiger partial charge < -0.3 is 10.1 Å². The molecule has 2 atom stereocenters. The van der Waals surface area contributed by atoms with Gasteiger partial charge in [-0.25, -0.2) is 4.79 Å². The summed E-state index contributed by atoms with van der Waals surface area (Å²) in [4.78, 5) is 51.4. The van der Waals surface area contributed by atoms with E-state index in [-0.39, 0.29) is 28.6 Å². The van der Waals surface area contributed by atoms with E-state index >= 15 is 0 Å². The van der Waals surface area contributed by atoms with Crippen molar-refractivity contribution in [2.24, 2.45) is 0 Å². The smallest absolute Gasteiger partial charge is 0.338 e. The molecule has 2 aromatic rings. The molecule has 1 aliphatic heterocycles. The molecular weight excluding hydrogens is 396 g/mol. The van der Waals surface area contributed by atoms with Crippen molar-refractivity contribution in [2.45, 2.75) is 53.2 Å². The van der Waals surface area contributed by atoms with E-state index in [0.717, 1.165) is 11.1 Å². The Balaban J connectivity index is 1.71. The number of amides is 3. The Kier molecular flexibility index (Phi) is 6.24. The molecule has 3 amide bonds. The normalized spacial score (nSPS) is 14.8. The van der Waals surface area contributed by atoms with Crippen LogP contribution in [0.3, 0.4) is 0 Å². The summed E-state index contributed by atoms with van der Waals surface area (Å²) in [7, 11) is 0. The number of fused-ring (bicyclic) bond motifs is 1. The topological polar surface area (TPSA) is 92.8 Å². The highest BCUT2D eigenvalue weighted by atomic mass is 16.5. The summed E-state index contributed by atoms with van der Waals surface area (Å²) in [6, 6.07) is 9.62. The molecule has 162 valence electrons. The number of hydrogen-bond acceptors (Lipinski definition) is 5. The number of nitrogens with one attached hydrogen (secondary N) is 1. The first-order chi connectivity index (χ1) is 14.6. The SMILES string of the molecule is CC[C@@H](C)N1C(=O)c2ccc(C(=O)O[C@@H](C)C(=O)Nc3ccc(C)cc3C)cc2C1=O. The van der Waals surface area contributed by atoms with Crippen molar-refractivity contribution >= 4 is 29.4 Å². The zero-order chi connectivity index (χ0) is 22.9. The number of carbonyl (C=O) groups excluding carboxylic acids is 4. The summed E-state index contributed by atoms with van der Waals surface area (Å²) in [5.74, 6) is -2.00. The van der Waals surface area contributed by atoms with Gasteiger partial charge in [0.2, 0.25) is 0 Å². The summed E-state index contributed by atoms with van der Waals surface area (Å²) < 4.78 is 5.29. The van der Waals surface area contributed by atoms with Gasteiger partial charge in [0.25, 0.3) is 17.7 Å². The number of rotatable bonds is 6. The average molecular weight is 422 g/mol. The van der Waals surface area contributed by atoms with Crippen LogP contribution in [0.1, 0.15) is 69.4 Å². The standard InChI is InChI=1S/C24H26N2O5/c1-6-15(4)26-22(28)18-9-8-17(12-19(18)23(26)29)24(30)31-16(5)21(27)25-20-10-7-13(2)11-14(20)3/h7-12,15-16H,6H2,1-5H3,(H,25,27)/t15-,16+/m1/s1. The van der Waals surface area contributed by atoms with Crippen LogP contribution in [0.15, 0.2) is 36.4 Å². The second-order valence-corrected chi connectivity index (χ2v) is 7.85. The van der Waals surface area contributed by atoms with Crippen LogP contribution in [-0.2, 0) is 9.53 Å². The van der Waals surface area contributed by atoms with E-state index in [1.807, 2.05) is 32.9 Å². The van der Waals surface area contributed by atoms with Crippen LogP contribution in [0.25, 0.3) is 0 Å². The predicted molar refractivity (Wildman–Crippen MR) is 116 cm³/mol. The highest BCUT2D eigenvalue weighted by molar-refractivity contribution is 6.22. The van der Waals surface area contributed by atoms with Gasteiger partial charge in [0.15, 0.2) is 6.10 Å². The molecule has 0 bridgehead atoms. The minimum absolute atomic E-state index is 0.108. The lowest BCUT2D eigenvalue weighted by atomic mass is 10.1. The fourth-order valence-electron chi connectivity index (χ4n) is 3.44. The Labute approximate surface area is 181 Å². The van der Waals surface area contributed by atoms with Crippen LogP contribution in [0, 0.1) is 13.8 Å². The number of hydrogen-bond donors (Lipinski definition) is 1. The molecule has 1 N–H and O–H groups in total. The molecular formula is C24H26N2O5. The lowest BCUT2D eigenvalue weighted by Crippen LogP contribution is -2.37. The van der Waals surface area contributed by atoms with E-state index in [4.69, 9.17) is 4.74 Å². The average Bonchev–Trinajstić information content (AvgIpc) is 2.99. The van der Waals surface area contributed by atoms with Crippen molar-refractivity contribution in [1.82, 2.24) is 4.90 Å². The molecule has 3 rings (SSSR count). The second-order valence-electron chi connectivity index (χ2n) is 7.85. The Morgan fingerprint density at radius 2 is 1.68 bits per heavy atom. The minimum atomic E-state index is -1.05. The lowest BCUT2D eigenvalue weighted by Gasteiger charge is -2.20. The Morgan fingerprint density at radius 1 is 1.00 bits per heavy atom. The summed E-state index contributed by atoms with van der Waals surface area (Å²) in [6.07, 6.45) is -0.414. The fraction of sp³-hybridized carbons (Fsp3) is 0.333. The second kappa shape index (κ2) is 8.71. The van der Waals surface area contributed by atoms with Gasteiger partial charge in [0, 0.05) is 11.7 Å². The van der Waals surface area contributed by atoms with Crippen LogP contribution < -0.4 is 5.32 Å². The third-order valence-electron chi connectivity index (χ3n) is 5.48. The minimum Gasteiger partial charge on any atom is -0.449 e. The number of nitrogens with zero attached hydrogens (tertiary/aromatic N) is 1. The van der Waals surface area contributed by atoms with Crippen LogP contribution in [0.4, 0.5) is 5.69 Å². The molecule has 7 heteroatoms. The zero-order valence-corrected chi connectivity index (χ0v) is 18.3. The Bertz CT molecular complexity index is 1080. The highest BCUT2D eigenvalue weighted by Crippen LogP contribution is 2.27. The molecule has 0 spiro atoms. The van der Waals surface area contributed by atoms with Crippen molar-refractivity contribution in [3.05, 3.63) is 64.2 Å². The first kappa shape index (κ1) is 22.2. The van der Waals surface area contributed by atoms with Gasteiger partial charge in [-0.3, -0.25) is 19.3 Å². The third-order valence-corrected chi connectivity index (χ3v) is 5.48. The van der Waals surface area contributed by atoms with Crippen LogP contribution in [0.2, 0.25) is 0 Å². The maximum atomic E-state index is 12.7. The van der Waals surface area contributed by atoms with Gasteiger partial charge in [-0.15, -0.1) is 0 Å². The fourth-order valence-corrected chi connectivity index (χ4v) is 3.44. The summed E-state index contributed by atoms with van der Waals surface area (Å²) in [6.45, 7) is 9.00. The summed E-state index contributed by atoms with van der Waals surface area (Å²) in [5.41, 5.74) is 3.17. The van der Waals surface area contributed by atoms with E-state index in [2.05, 4.69) is 5.32 Å². The summed E-state index contributed by atoms with van der Waals surface area (Å²) in [5, 5.41) is 2.75. The van der Waals surface area contributed by atoms with Gasteiger partial charge in [-0.05, 0) is 63.9 Å². The van der Waals surface area contributed by atoms with Crippen molar-refractivity contribution in [3.63, 3.8) is 0 Å². The molecule has 0 aliphatic carbocycles. The van der Waals surface area contributed by atoms with Gasteiger partial charge in [-0.2, -0.15) is 0 Å². The molecule has 0 aromatic heterocycles. The first-order valence-corrected chi connectivity index (χ1v) is 10.2. The molecule has 1 aliphatic rings. The van der Waals surface area contributed by atoms with Crippen LogP contribution in [-0.4, -0.2) is 40.7 Å². The Hall–Kier alpha value is -3.48. The van der Waals surface area contributed by atoms with Crippen molar-refractivity contribution < 1.29 is 23.9 Å². The molecule has 7 nitrogen and oxygen atoms in total. The number of ether oxygens (including phenoxy) is 1. The molecule has 31 heavy (non-hydrogen) atoms. The van der Waals surface area contributed by atoms with Crippen LogP contribution >= 0.6 is 0 Å². The largest absolute Gasteiger partial charge is 0.449 e. The maximum Gasteiger partial charge on any atom is 0.338 e. The predicted octanol–water partition coefficient (Wildman–Crippen LogP) is 3.88. The van der Waals surface area contributed by atoms with Crippen molar-refractivity contribution in [1.29, 1.82) is 0 Å². The third kappa shape index (κ3) is 4.35. The van der Waals surface area contributed by atoms with Gasteiger partial charge in [0.1, 0.15) is 0 Å². The quantitative estimate of drug-likeness (QED) is 0.563. The number of esters is 1. The van der Waals surface area contributed by atoms with Gasteiger partial charge in [-0.1, -0.05) is 24.6 Å². The Morgan fingerprint density at radius 3 is 2.32 bits per heavy atom. The van der Waals surface area contributed by atoms with E-state index in [1.165, 1.54) is 30.0 Å².